The Morgan fingerprint density at radius 2 is 2.08 bits per heavy atom. The van der Waals surface area contributed by atoms with Crippen molar-refractivity contribution in [1.82, 2.24) is 0 Å². The third-order valence-electron chi connectivity index (χ3n) is 3.79. The summed E-state index contributed by atoms with van der Waals surface area (Å²) in [4.78, 5) is 0. The van der Waals surface area contributed by atoms with E-state index in [1.807, 2.05) is 0 Å². The molecule has 2 atom stereocenters. The average Bonchev–Trinajstić information content (AvgIpc) is 2.58. The van der Waals surface area contributed by atoms with Crippen molar-refractivity contribution < 1.29 is 0 Å². The minimum Gasteiger partial charge on any atom is -0.0874 e. The molecule has 2 rings (SSSR count). The third-order valence-corrected chi connectivity index (χ3v) is 3.79. The molecule has 0 amide bonds. The van der Waals surface area contributed by atoms with E-state index in [1.165, 1.54) is 32.1 Å². The molecule has 0 saturated heterocycles. The number of fused-ring (bicyclic) bond motifs is 1. The summed E-state index contributed by atoms with van der Waals surface area (Å²) < 4.78 is 0. The van der Waals surface area contributed by atoms with Crippen LogP contribution >= 0.6 is 0 Å². The second-order valence-electron chi connectivity index (χ2n) is 4.57. The first-order valence-electron chi connectivity index (χ1n) is 5.65. The molecule has 13 heavy (non-hydrogen) atoms. The summed E-state index contributed by atoms with van der Waals surface area (Å²) in [6.07, 6.45) is 11.8. The van der Waals surface area contributed by atoms with Crippen LogP contribution in [0.3, 0.4) is 0 Å². The molecular formula is C13H20. The van der Waals surface area contributed by atoms with Crippen LogP contribution in [-0.4, -0.2) is 0 Å². The molecule has 0 aromatic heterocycles. The Morgan fingerprint density at radius 3 is 2.85 bits per heavy atom. The van der Waals surface area contributed by atoms with Gasteiger partial charge in [0.1, 0.15) is 0 Å². The van der Waals surface area contributed by atoms with Crippen LogP contribution in [0.5, 0.6) is 0 Å². The van der Waals surface area contributed by atoms with E-state index in [1.54, 1.807) is 11.1 Å². The summed E-state index contributed by atoms with van der Waals surface area (Å²) in [7, 11) is 0. The zero-order valence-corrected chi connectivity index (χ0v) is 8.84. The maximum absolute atomic E-state index is 2.36. The monoisotopic (exact) mass is 176 g/mol. The molecule has 2 unspecified atom stereocenters. The van der Waals surface area contributed by atoms with Gasteiger partial charge in [-0.05, 0) is 56.9 Å². The van der Waals surface area contributed by atoms with Gasteiger partial charge in [0.15, 0.2) is 0 Å². The Hall–Kier alpha value is -0.520. The van der Waals surface area contributed by atoms with Crippen molar-refractivity contribution in [3.05, 3.63) is 23.3 Å². The summed E-state index contributed by atoms with van der Waals surface area (Å²) in [6.45, 7) is 4.46. The Labute approximate surface area is 81.7 Å². The second-order valence-corrected chi connectivity index (χ2v) is 4.57. The van der Waals surface area contributed by atoms with E-state index >= 15 is 0 Å². The molecule has 0 aliphatic heterocycles. The van der Waals surface area contributed by atoms with E-state index < -0.39 is 0 Å². The molecule has 2 aliphatic rings. The van der Waals surface area contributed by atoms with Gasteiger partial charge in [-0.1, -0.05) is 24.1 Å². The highest BCUT2D eigenvalue weighted by Gasteiger charge is 2.32. The lowest BCUT2D eigenvalue weighted by Crippen LogP contribution is -2.16. The van der Waals surface area contributed by atoms with Crippen LogP contribution in [0.1, 0.15) is 46.0 Å². The van der Waals surface area contributed by atoms with E-state index in [0.717, 1.165) is 11.8 Å². The van der Waals surface area contributed by atoms with Gasteiger partial charge in [0.05, 0.1) is 0 Å². The number of rotatable bonds is 1. The summed E-state index contributed by atoms with van der Waals surface area (Å²) in [5, 5.41) is 0. The third kappa shape index (κ3) is 1.59. The molecule has 0 bridgehead atoms. The van der Waals surface area contributed by atoms with E-state index in [4.69, 9.17) is 0 Å². The predicted octanol–water partition coefficient (Wildman–Crippen LogP) is 4.09. The van der Waals surface area contributed by atoms with Gasteiger partial charge < -0.3 is 0 Å². The highest BCUT2D eigenvalue weighted by atomic mass is 14.4. The lowest BCUT2D eigenvalue weighted by Gasteiger charge is -2.28. The molecule has 0 radical (unpaired) electrons. The predicted molar refractivity (Wildman–Crippen MR) is 57.6 cm³/mol. The maximum Gasteiger partial charge on any atom is -0.0134 e. The van der Waals surface area contributed by atoms with Crippen molar-refractivity contribution in [3.63, 3.8) is 0 Å². The molecule has 0 nitrogen and oxygen atoms in total. The smallest absolute Gasteiger partial charge is 0.0134 e. The van der Waals surface area contributed by atoms with Crippen molar-refractivity contribution >= 4 is 0 Å². The molecule has 2 aliphatic carbocycles. The van der Waals surface area contributed by atoms with Crippen molar-refractivity contribution in [2.45, 2.75) is 46.0 Å². The zero-order valence-electron chi connectivity index (χ0n) is 8.84. The fourth-order valence-corrected chi connectivity index (χ4v) is 3.10. The Kier molecular flexibility index (Phi) is 2.57. The molecule has 1 saturated carbocycles. The standard InChI is InChI=1S/C13H20/c1-3-5-12-10(2)8-9-11-6-4-7-13(11)12/h3,5,11,13H,4,6-9H2,1-2H3/b5-3-. The topological polar surface area (TPSA) is 0 Å². The Morgan fingerprint density at radius 1 is 1.23 bits per heavy atom. The first-order chi connectivity index (χ1) is 6.33. The van der Waals surface area contributed by atoms with Crippen molar-refractivity contribution in [1.29, 1.82) is 0 Å². The van der Waals surface area contributed by atoms with Crippen LogP contribution in [0.4, 0.5) is 0 Å². The highest BCUT2D eigenvalue weighted by molar-refractivity contribution is 5.30. The van der Waals surface area contributed by atoms with E-state index in [2.05, 4.69) is 26.0 Å². The Bertz CT molecular complexity index is 245. The molecule has 72 valence electrons. The number of allylic oxidation sites excluding steroid dienone is 4. The molecular weight excluding hydrogens is 156 g/mol. The molecule has 0 aromatic rings. The zero-order chi connectivity index (χ0) is 9.26. The normalized spacial score (nSPS) is 34.3. The lowest BCUT2D eigenvalue weighted by atomic mass is 9.77. The van der Waals surface area contributed by atoms with Gasteiger partial charge in [-0.2, -0.15) is 0 Å². The number of hydrogen-bond donors (Lipinski definition) is 0. The summed E-state index contributed by atoms with van der Waals surface area (Å²) in [5.41, 5.74) is 3.33. The minimum atomic E-state index is 0.921. The van der Waals surface area contributed by atoms with Gasteiger partial charge in [-0.25, -0.2) is 0 Å². The second kappa shape index (κ2) is 3.69. The molecule has 0 aromatic carbocycles. The first kappa shape index (κ1) is 9.05. The van der Waals surface area contributed by atoms with Crippen LogP contribution in [0.2, 0.25) is 0 Å². The molecule has 0 heteroatoms. The average molecular weight is 176 g/mol. The van der Waals surface area contributed by atoms with Gasteiger partial charge in [0, 0.05) is 0 Å². The Balaban J connectivity index is 2.26. The van der Waals surface area contributed by atoms with Gasteiger partial charge >= 0.3 is 0 Å². The lowest BCUT2D eigenvalue weighted by molar-refractivity contribution is 0.389. The maximum atomic E-state index is 2.36. The summed E-state index contributed by atoms with van der Waals surface area (Å²) in [6, 6.07) is 0. The van der Waals surface area contributed by atoms with E-state index in [0.29, 0.717) is 0 Å². The van der Waals surface area contributed by atoms with Crippen LogP contribution in [-0.2, 0) is 0 Å². The van der Waals surface area contributed by atoms with Crippen LogP contribution in [0, 0.1) is 11.8 Å². The minimum absolute atomic E-state index is 0.921. The molecule has 0 heterocycles. The van der Waals surface area contributed by atoms with Gasteiger partial charge in [-0.3, -0.25) is 0 Å². The molecule has 0 spiro atoms. The van der Waals surface area contributed by atoms with Crippen molar-refractivity contribution in [3.8, 4) is 0 Å². The van der Waals surface area contributed by atoms with Crippen LogP contribution in [0.15, 0.2) is 23.3 Å². The van der Waals surface area contributed by atoms with Crippen LogP contribution in [0.25, 0.3) is 0 Å². The fourth-order valence-electron chi connectivity index (χ4n) is 3.10. The summed E-state index contributed by atoms with van der Waals surface area (Å²) in [5.74, 6) is 1.94. The van der Waals surface area contributed by atoms with Gasteiger partial charge in [0.25, 0.3) is 0 Å². The van der Waals surface area contributed by atoms with Crippen LogP contribution < -0.4 is 0 Å². The number of hydrogen-bond acceptors (Lipinski definition) is 0. The molecule has 1 fully saturated rings. The SMILES string of the molecule is C/C=C\C1=C(C)CCC2CCCC12. The van der Waals surface area contributed by atoms with E-state index in [9.17, 15) is 0 Å². The quantitative estimate of drug-likeness (QED) is 0.564. The largest absolute Gasteiger partial charge is 0.0874 e. The first-order valence-corrected chi connectivity index (χ1v) is 5.65. The fraction of sp³-hybridized carbons (Fsp3) is 0.692. The summed E-state index contributed by atoms with van der Waals surface area (Å²) >= 11 is 0. The highest BCUT2D eigenvalue weighted by Crippen LogP contribution is 2.45. The van der Waals surface area contributed by atoms with Crippen molar-refractivity contribution in [2.75, 3.05) is 0 Å². The van der Waals surface area contributed by atoms with Crippen molar-refractivity contribution in [2.24, 2.45) is 11.8 Å². The van der Waals surface area contributed by atoms with Gasteiger partial charge in [0.2, 0.25) is 0 Å². The van der Waals surface area contributed by atoms with Gasteiger partial charge in [-0.15, -0.1) is 0 Å². The van der Waals surface area contributed by atoms with E-state index in [-0.39, 0.29) is 0 Å². The molecule has 0 N–H and O–H groups in total.